The summed E-state index contributed by atoms with van der Waals surface area (Å²) in [5.41, 5.74) is 0. The first-order valence-corrected chi connectivity index (χ1v) is 32.4. The molecule has 0 aromatic carbocycles. The predicted molar refractivity (Wildman–Crippen MR) is 339 cm³/mol. The molecule has 38 heteroatoms. The van der Waals surface area contributed by atoms with E-state index in [0.717, 1.165) is 0 Å². The number of aryl methyl sites for hydroxylation is 2. The number of carboxylic acids is 6. The van der Waals surface area contributed by atoms with E-state index in [1.54, 1.807) is 29.4 Å². The average molecular weight is 1370 g/mol. The van der Waals surface area contributed by atoms with Crippen molar-refractivity contribution in [2.24, 2.45) is 0 Å². The van der Waals surface area contributed by atoms with Gasteiger partial charge in [-0.3, -0.25) is 96.7 Å². The minimum atomic E-state index is -1.05. The standard InChI is InChI=1S/C58H100N18O20/c77-47(7-1-9-49(79)61-13-33-95-35-15-63-51(81)37-69-17-21-71(39-53(83)84)25-29-75(43-57(91)92)30-26-72(22-18-69)40-54(85)86)59-11-3-5-45-65-67-46(68-66-45)6-4-12-60-48(78)8-2-10-50(80)62-14-34-96-36-16-64-52(82)38-70-19-23-73(41-55(87)88)27-31-76(44-58(93)94)32-28-74(24-20-70)42-56(89)90/h1-44H2,(H,59,77)(H,60,78)(H,61,79)(H,62,80)(H,63,81)(H,64,82)(H,83,84)(H,85,86)(H,87,88)(H,89,90)(H,91,92)(H,93,94). The number of rotatable bonds is 44. The highest BCUT2D eigenvalue weighted by molar-refractivity contribution is 5.80. The highest BCUT2D eigenvalue weighted by Crippen LogP contribution is 2.06. The molecule has 6 amide bonds. The van der Waals surface area contributed by atoms with Crippen LogP contribution >= 0.6 is 0 Å². The second kappa shape index (κ2) is 49.7. The lowest BCUT2D eigenvalue weighted by atomic mass is 10.2. The third kappa shape index (κ3) is 43.3. The molecule has 38 nitrogen and oxygen atoms in total. The lowest BCUT2D eigenvalue weighted by molar-refractivity contribution is -0.140. The first-order chi connectivity index (χ1) is 46.0. The minimum Gasteiger partial charge on any atom is -0.480 e. The van der Waals surface area contributed by atoms with E-state index in [1.165, 1.54) is 0 Å². The number of hydrogen-bond acceptors (Lipinski definition) is 26. The lowest BCUT2D eigenvalue weighted by Crippen LogP contribution is -2.50. The van der Waals surface area contributed by atoms with Crippen molar-refractivity contribution < 1.29 is 97.6 Å². The maximum Gasteiger partial charge on any atom is 0.317 e. The van der Waals surface area contributed by atoms with Crippen molar-refractivity contribution in [3.05, 3.63) is 11.6 Å². The summed E-state index contributed by atoms with van der Waals surface area (Å²) < 4.78 is 11.1. The second-order valence-electron chi connectivity index (χ2n) is 23.0. The molecule has 2 fully saturated rings. The van der Waals surface area contributed by atoms with Gasteiger partial charge in [0.1, 0.15) is 0 Å². The maximum absolute atomic E-state index is 12.9. The van der Waals surface area contributed by atoms with E-state index in [9.17, 15) is 88.2 Å². The van der Waals surface area contributed by atoms with Crippen molar-refractivity contribution >= 4 is 71.3 Å². The van der Waals surface area contributed by atoms with Crippen LogP contribution in [0, 0.1) is 0 Å². The summed E-state index contributed by atoms with van der Waals surface area (Å²) in [7, 11) is 0. The first-order valence-electron chi connectivity index (χ1n) is 32.4. The summed E-state index contributed by atoms with van der Waals surface area (Å²) in [6.45, 7) is 4.89. The third-order valence-corrected chi connectivity index (χ3v) is 15.0. The SMILES string of the molecule is O=C(O)CN1CCN(CC(=O)O)CCN(CC(=O)NCCOCCNC(=O)CCCC(=O)NCCCc2nnc(CCCNC(=O)CCCC(=O)NCCOCCNC(=O)CN3CCN(CC(=O)O)CCN(CC(=O)O)CCN(CC(=O)O)CC3)nn2)CCN(CC(=O)O)CC1. The van der Waals surface area contributed by atoms with Crippen LogP contribution in [0.3, 0.4) is 0 Å². The zero-order valence-electron chi connectivity index (χ0n) is 54.9. The summed E-state index contributed by atoms with van der Waals surface area (Å²) in [5.74, 6) is -7.06. The second-order valence-corrected chi connectivity index (χ2v) is 23.0. The van der Waals surface area contributed by atoms with Crippen LogP contribution in [0.2, 0.25) is 0 Å². The molecule has 0 bridgehead atoms. The van der Waals surface area contributed by atoms with Crippen molar-refractivity contribution in [2.45, 2.75) is 64.2 Å². The van der Waals surface area contributed by atoms with Gasteiger partial charge in [0.2, 0.25) is 35.4 Å². The predicted octanol–water partition coefficient (Wildman–Crippen LogP) is -6.85. The molecule has 0 unspecified atom stereocenters. The fourth-order valence-electron chi connectivity index (χ4n) is 9.93. The number of nitrogens with zero attached hydrogens (tertiary/aromatic N) is 12. The molecule has 12 N–H and O–H groups in total. The number of carbonyl (C=O) groups is 12. The minimum absolute atomic E-state index is 0.0356. The van der Waals surface area contributed by atoms with Crippen LogP contribution in [-0.2, 0) is 79.8 Å². The van der Waals surface area contributed by atoms with Gasteiger partial charge in [0.25, 0.3) is 0 Å². The molecule has 0 saturated carbocycles. The van der Waals surface area contributed by atoms with Crippen molar-refractivity contribution in [1.82, 2.24) is 91.5 Å². The summed E-state index contributed by atoms with van der Waals surface area (Å²) in [5, 5.41) is 89.5. The molecule has 0 atom stereocenters. The van der Waals surface area contributed by atoms with Gasteiger partial charge in [-0.2, -0.15) is 0 Å². The van der Waals surface area contributed by atoms with E-state index in [2.05, 4.69) is 52.3 Å². The van der Waals surface area contributed by atoms with Crippen molar-refractivity contribution in [3.8, 4) is 0 Å². The number of ether oxygens (including phenoxy) is 2. The van der Waals surface area contributed by atoms with Gasteiger partial charge in [0.05, 0.1) is 78.8 Å². The van der Waals surface area contributed by atoms with Gasteiger partial charge in [0, 0.05) is 183 Å². The largest absolute Gasteiger partial charge is 0.480 e. The highest BCUT2D eigenvalue weighted by atomic mass is 16.5. The number of hydrogen-bond donors (Lipinski definition) is 12. The number of carbonyl (C=O) groups excluding carboxylic acids is 6. The molecule has 0 radical (unpaired) electrons. The molecule has 1 aromatic rings. The fraction of sp³-hybridized carbons (Fsp3) is 0.759. The van der Waals surface area contributed by atoms with Gasteiger partial charge in [-0.05, 0) is 25.7 Å². The van der Waals surface area contributed by atoms with Crippen LogP contribution in [0.5, 0.6) is 0 Å². The Morgan fingerprint density at radius 3 is 0.667 bits per heavy atom. The van der Waals surface area contributed by atoms with E-state index in [4.69, 9.17) is 9.47 Å². The Hall–Kier alpha value is -7.82. The molecule has 3 rings (SSSR count). The number of aromatic nitrogens is 4. The number of carboxylic acid groups (broad SMARTS) is 6. The van der Waals surface area contributed by atoms with E-state index in [1.807, 2.05) is 9.80 Å². The molecule has 1 aromatic heterocycles. The van der Waals surface area contributed by atoms with Crippen molar-refractivity contribution in [1.29, 1.82) is 0 Å². The van der Waals surface area contributed by atoms with Gasteiger partial charge >= 0.3 is 35.8 Å². The summed E-state index contributed by atoms with van der Waals surface area (Å²) in [6, 6.07) is 0. The number of aliphatic carboxylic acids is 6. The Balaban J connectivity index is 1.17. The lowest BCUT2D eigenvalue weighted by Gasteiger charge is -2.32. The Bertz CT molecular complexity index is 2330. The topological polar surface area (TPSA) is 494 Å². The van der Waals surface area contributed by atoms with Crippen LogP contribution in [0.25, 0.3) is 0 Å². The Kier molecular flexibility index (Phi) is 42.6. The molecule has 2 aliphatic heterocycles. The normalized spacial score (nSPS) is 16.1. The number of nitrogens with one attached hydrogen (secondary N) is 6. The summed E-state index contributed by atoms with van der Waals surface area (Å²) in [4.78, 5) is 158. The van der Waals surface area contributed by atoms with Gasteiger partial charge in [-0.1, -0.05) is 0 Å². The monoisotopic (exact) mass is 1370 g/mol. The molecule has 96 heavy (non-hydrogen) atoms. The highest BCUT2D eigenvalue weighted by Gasteiger charge is 2.24. The molecule has 2 saturated heterocycles. The molecule has 2 aliphatic rings. The first kappa shape index (κ1) is 82.4. The molecular formula is C58H100N18O20. The van der Waals surface area contributed by atoms with E-state index in [-0.39, 0.29) is 245 Å². The van der Waals surface area contributed by atoms with Gasteiger partial charge < -0.3 is 72.0 Å². The van der Waals surface area contributed by atoms with Gasteiger partial charge in [0.15, 0.2) is 11.6 Å². The molecule has 0 aliphatic carbocycles. The van der Waals surface area contributed by atoms with Gasteiger partial charge in [-0.25, -0.2) is 0 Å². The van der Waals surface area contributed by atoms with Crippen LogP contribution in [-0.4, -0.2) is 384 Å². The van der Waals surface area contributed by atoms with Crippen molar-refractivity contribution in [3.63, 3.8) is 0 Å². The Morgan fingerprint density at radius 1 is 0.271 bits per heavy atom. The molecular weight excluding hydrogens is 1270 g/mol. The summed E-state index contributed by atoms with van der Waals surface area (Å²) >= 11 is 0. The third-order valence-electron chi connectivity index (χ3n) is 15.0. The van der Waals surface area contributed by atoms with Crippen LogP contribution in [0.1, 0.15) is 63.0 Å². The fourth-order valence-corrected chi connectivity index (χ4v) is 9.93. The van der Waals surface area contributed by atoms with Crippen LogP contribution < -0.4 is 31.9 Å². The zero-order chi connectivity index (χ0) is 70.3. The van der Waals surface area contributed by atoms with E-state index >= 15 is 0 Å². The maximum atomic E-state index is 12.9. The summed E-state index contributed by atoms with van der Waals surface area (Å²) in [6.07, 6.45) is 3.09. The molecule has 3 heterocycles. The van der Waals surface area contributed by atoms with Crippen LogP contribution in [0.4, 0.5) is 0 Å². The Morgan fingerprint density at radius 2 is 0.458 bits per heavy atom. The zero-order valence-corrected chi connectivity index (χ0v) is 54.9. The number of amides is 6. The Labute approximate surface area is 557 Å². The smallest absolute Gasteiger partial charge is 0.317 e. The van der Waals surface area contributed by atoms with E-state index < -0.39 is 35.8 Å². The van der Waals surface area contributed by atoms with Gasteiger partial charge in [-0.15, -0.1) is 20.4 Å². The van der Waals surface area contributed by atoms with Crippen molar-refractivity contribution in [2.75, 3.05) is 223 Å². The molecule has 0 spiro atoms. The van der Waals surface area contributed by atoms with Crippen LogP contribution in [0.15, 0.2) is 0 Å². The molecule has 542 valence electrons. The quantitative estimate of drug-likeness (QED) is 0.0270. The average Bonchev–Trinajstić information content (AvgIpc) is 1.55. The van der Waals surface area contributed by atoms with E-state index in [0.29, 0.717) is 89.4 Å².